The zero-order valence-electron chi connectivity index (χ0n) is 8.13. The van der Waals surface area contributed by atoms with Crippen LogP contribution < -0.4 is 4.74 Å². The van der Waals surface area contributed by atoms with Crippen LogP contribution in [0.1, 0.15) is 6.92 Å². The molecule has 2 nitrogen and oxygen atoms in total. The highest BCUT2D eigenvalue weighted by atomic mass is 127. The molecule has 0 unspecified atom stereocenters. The molecular weight excluding hydrogens is 324 g/mol. The van der Waals surface area contributed by atoms with Gasteiger partial charge in [-0.1, -0.05) is 23.7 Å². The number of para-hydroxylation sites is 1. The maximum Gasteiger partial charge on any atom is 0.145 e. The molecule has 1 heterocycles. The van der Waals surface area contributed by atoms with Crippen molar-refractivity contribution in [1.82, 2.24) is 4.98 Å². The van der Waals surface area contributed by atoms with Crippen LogP contribution in [0.5, 0.6) is 5.75 Å². The van der Waals surface area contributed by atoms with Gasteiger partial charge in [-0.2, -0.15) is 0 Å². The van der Waals surface area contributed by atoms with E-state index in [1.165, 1.54) is 0 Å². The zero-order chi connectivity index (χ0) is 10.8. The van der Waals surface area contributed by atoms with Gasteiger partial charge in [-0.3, -0.25) is 4.98 Å². The van der Waals surface area contributed by atoms with Gasteiger partial charge in [0.1, 0.15) is 11.3 Å². The number of nitrogens with zero attached hydrogens (tertiary/aromatic N) is 1. The lowest BCUT2D eigenvalue weighted by Crippen LogP contribution is -1.94. The average Bonchev–Trinajstić information content (AvgIpc) is 2.25. The molecule has 0 aliphatic heterocycles. The summed E-state index contributed by atoms with van der Waals surface area (Å²) in [5, 5.41) is 1.68. The number of aromatic nitrogens is 1. The minimum atomic E-state index is 0.629. The van der Waals surface area contributed by atoms with Gasteiger partial charge in [-0.15, -0.1) is 0 Å². The van der Waals surface area contributed by atoms with Crippen molar-refractivity contribution in [2.24, 2.45) is 0 Å². The minimum Gasteiger partial charge on any atom is -0.492 e. The topological polar surface area (TPSA) is 22.1 Å². The van der Waals surface area contributed by atoms with E-state index >= 15 is 0 Å². The van der Waals surface area contributed by atoms with Gasteiger partial charge in [0.25, 0.3) is 0 Å². The van der Waals surface area contributed by atoms with Crippen molar-refractivity contribution in [3.63, 3.8) is 0 Å². The molecule has 1 aromatic carbocycles. The SMILES string of the molecule is CCOc1cccc2c(Cl)c(I)cnc12. The summed E-state index contributed by atoms with van der Waals surface area (Å²) in [5.41, 5.74) is 0.824. The summed E-state index contributed by atoms with van der Waals surface area (Å²) in [6.45, 7) is 2.58. The summed E-state index contributed by atoms with van der Waals surface area (Å²) in [6, 6.07) is 5.79. The first-order valence-corrected chi connectivity index (χ1v) is 6.05. The third kappa shape index (κ3) is 2.03. The second-order valence-corrected chi connectivity index (χ2v) is 4.55. The van der Waals surface area contributed by atoms with Gasteiger partial charge in [-0.25, -0.2) is 0 Å². The van der Waals surface area contributed by atoms with E-state index in [1.807, 2.05) is 25.1 Å². The number of hydrogen-bond donors (Lipinski definition) is 0. The third-order valence-corrected chi connectivity index (χ3v) is 3.60. The summed E-state index contributed by atoms with van der Waals surface area (Å²) in [6.07, 6.45) is 1.76. The van der Waals surface area contributed by atoms with Crippen LogP contribution in [-0.2, 0) is 0 Å². The van der Waals surface area contributed by atoms with Crippen LogP contribution in [0.3, 0.4) is 0 Å². The van der Waals surface area contributed by atoms with Crippen LogP contribution in [0.15, 0.2) is 24.4 Å². The van der Waals surface area contributed by atoms with Gasteiger partial charge in [0, 0.05) is 11.6 Å². The largest absolute Gasteiger partial charge is 0.492 e. The Morgan fingerprint density at radius 2 is 2.27 bits per heavy atom. The minimum absolute atomic E-state index is 0.629. The Balaban J connectivity index is 2.72. The number of fused-ring (bicyclic) bond motifs is 1. The second-order valence-electron chi connectivity index (χ2n) is 3.01. The number of ether oxygens (including phenoxy) is 1. The molecule has 78 valence electrons. The maximum absolute atomic E-state index is 6.20. The summed E-state index contributed by atoms with van der Waals surface area (Å²) >= 11 is 8.37. The van der Waals surface area contributed by atoms with Crippen molar-refractivity contribution >= 4 is 45.1 Å². The molecule has 1 aromatic heterocycles. The molecule has 0 bridgehead atoms. The quantitative estimate of drug-likeness (QED) is 0.778. The van der Waals surface area contributed by atoms with Crippen molar-refractivity contribution in [2.45, 2.75) is 6.92 Å². The zero-order valence-corrected chi connectivity index (χ0v) is 11.0. The molecular formula is C11H9ClINO. The summed E-state index contributed by atoms with van der Waals surface area (Å²) in [7, 11) is 0. The lowest BCUT2D eigenvalue weighted by molar-refractivity contribution is 0.343. The molecule has 2 aromatic rings. The van der Waals surface area contributed by atoms with Crippen LogP contribution in [0, 0.1) is 3.57 Å². The molecule has 0 fully saturated rings. The Labute approximate surface area is 107 Å². The van der Waals surface area contributed by atoms with Crippen molar-refractivity contribution in [3.8, 4) is 5.75 Å². The normalized spacial score (nSPS) is 10.6. The van der Waals surface area contributed by atoms with E-state index in [2.05, 4.69) is 27.6 Å². The van der Waals surface area contributed by atoms with E-state index in [1.54, 1.807) is 6.20 Å². The second kappa shape index (κ2) is 4.53. The predicted octanol–water partition coefficient (Wildman–Crippen LogP) is 3.89. The van der Waals surface area contributed by atoms with E-state index in [4.69, 9.17) is 16.3 Å². The smallest absolute Gasteiger partial charge is 0.145 e. The van der Waals surface area contributed by atoms with Gasteiger partial charge in [-0.05, 0) is 35.6 Å². The van der Waals surface area contributed by atoms with Crippen molar-refractivity contribution in [2.75, 3.05) is 6.61 Å². The molecule has 2 rings (SSSR count). The van der Waals surface area contributed by atoms with Crippen molar-refractivity contribution < 1.29 is 4.74 Å². The maximum atomic E-state index is 6.20. The first-order valence-electron chi connectivity index (χ1n) is 4.59. The molecule has 15 heavy (non-hydrogen) atoms. The molecule has 0 amide bonds. The standard InChI is InChI=1S/C11H9ClINO/c1-2-15-9-5-3-4-7-10(12)8(13)6-14-11(7)9/h3-6H,2H2,1H3. The third-order valence-electron chi connectivity index (χ3n) is 2.05. The fraction of sp³-hybridized carbons (Fsp3) is 0.182. The molecule has 0 saturated carbocycles. The fourth-order valence-corrected chi connectivity index (χ4v) is 2.04. The highest BCUT2D eigenvalue weighted by Crippen LogP contribution is 2.31. The Morgan fingerprint density at radius 1 is 1.47 bits per heavy atom. The molecule has 4 heteroatoms. The van der Waals surface area contributed by atoms with Crippen LogP contribution in [0.25, 0.3) is 10.9 Å². The number of hydrogen-bond acceptors (Lipinski definition) is 2. The van der Waals surface area contributed by atoms with E-state index in [0.717, 1.165) is 25.2 Å². The molecule has 0 spiro atoms. The summed E-state index contributed by atoms with van der Waals surface area (Å²) in [4.78, 5) is 4.34. The number of pyridine rings is 1. The summed E-state index contributed by atoms with van der Waals surface area (Å²) in [5.74, 6) is 0.785. The van der Waals surface area contributed by atoms with Crippen molar-refractivity contribution in [1.29, 1.82) is 0 Å². The Kier molecular flexibility index (Phi) is 3.31. The van der Waals surface area contributed by atoms with Crippen LogP contribution in [0.2, 0.25) is 5.02 Å². The van der Waals surface area contributed by atoms with E-state index in [0.29, 0.717) is 6.61 Å². The Hall–Kier alpha value is -0.550. The first kappa shape index (κ1) is 11.0. The molecule has 0 N–H and O–H groups in total. The number of benzene rings is 1. The molecule has 0 radical (unpaired) electrons. The lowest BCUT2D eigenvalue weighted by atomic mass is 10.2. The molecule has 0 saturated heterocycles. The molecule has 0 aliphatic rings. The first-order chi connectivity index (χ1) is 7.24. The van der Waals surface area contributed by atoms with E-state index < -0.39 is 0 Å². The van der Waals surface area contributed by atoms with Crippen LogP contribution >= 0.6 is 34.2 Å². The van der Waals surface area contributed by atoms with E-state index in [9.17, 15) is 0 Å². The predicted molar refractivity (Wildman–Crippen MR) is 70.6 cm³/mol. The van der Waals surface area contributed by atoms with Gasteiger partial charge < -0.3 is 4.74 Å². The average molecular weight is 334 g/mol. The molecule has 0 atom stereocenters. The van der Waals surface area contributed by atoms with Gasteiger partial charge in [0.2, 0.25) is 0 Å². The Morgan fingerprint density at radius 3 is 3.00 bits per heavy atom. The summed E-state index contributed by atoms with van der Waals surface area (Å²) < 4.78 is 6.44. The van der Waals surface area contributed by atoms with Gasteiger partial charge in [0.15, 0.2) is 0 Å². The molecule has 0 aliphatic carbocycles. The van der Waals surface area contributed by atoms with Crippen LogP contribution in [-0.4, -0.2) is 11.6 Å². The van der Waals surface area contributed by atoms with E-state index in [-0.39, 0.29) is 0 Å². The lowest BCUT2D eigenvalue weighted by Gasteiger charge is -2.07. The van der Waals surface area contributed by atoms with Crippen LogP contribution in [0.4, 0.5) is 0 Å². The van der Waals surface area contributed by atoms with Gasteiger partial charge >= 0.3 is 0 Å². The van der Waals surface area contributed by atoms with Gasteiger partial charge in [0.05, 0.1) is 15.2 Å². The highest BCUT2D eigenvalue weighted by Gasteiger charge is 2.08. The Bertz CT molecular complexity index is 501. The fourth-order valence-electron chi connectivity index (χ4n) is 1.41. The number of halogens is 2. The number of rotatable bonds is 2. The highest BCUT2D eigenvalue weighted by molar-refractivity contribution is 14.1. The monoisotopic (exact) mass is 333 g/mol. The van der Waals surface area contributed by atoms with Crippen molar-refractivity contribution in [3.05, 3.63) is 33.0 Å².